The first-order valence-corrected chi connectivity index (χ1v) is 7.68. The fourth-order valence-corrected chi connectivity index (χ4v) is 2.05. The topological polar surface area (TPSA) is 68.3 Å². The molecule has 0 saturated heterocycles. The van der Waals surface area contributed by atoms with Gasteiger partial charge in [-0.25, -0.2) is 4.98 Å². The maximum atomic E-state index is 5.30. The Bertz CT molecular complexity index is 632. The van der Waals surface area contributed by atoms with Crippen molar-refractivity contribution in [2.24, 2.45) is 5.92 Å². The maximum Gasteiger partial charge on any atom is 0.224 e. The molecule has 23 heavy (non-hydrogen) atoms. The summed E-state index contributed by atoms with van der Waals surface area (Å²) in [6, 6.07) is 7.45. The van der Waals surface area contributed by atoms with Crippen molar-refractivity contribution in [1.29, 1.82) is 0 Å². The van der Waals surface area contributed by atoms with E-state index in [-0.39, 0.29) is 0 Å². The summed E-state index contributed by atoms with van der Waals surface area (Å²) in [6.07, 6.45) is 2.81. The third-order valence-electron chi connectivity index (χ3n) is 3.32. The first kappa shape index (κ1) is 16.9. The van der Waals surface area contributed by atoms with E-state index >= 15 is 0 Å². The SMILES string of the molecule is COc1ccc(Nc2ccnc(NCCC(C)C)n2)cc1OC. The van der Waals surface area contributed by atoms with Crippen LogP contribution in [0, 0.1) is 5.92 Å². The number of aromatic nitrogens is 2. The highest BCUT2D eigenvalue weighted by Crippen LogP contribution is 2.30. The van der Waals surface area contributed by atoms with Crippen molar-refractivity contribution in [3.05, 3.63) is 30.5 Å². The van der Waals surface area contributed by atoms with Crippen LogP contribution in [0.5, 0.6) is 11.5 Å². The van der Waals surface area contributed by atoms with E-state index in [0.29, 0.717) is 23.4 Å². The molecule has 1 aromatic heterocycles. The van der Waals surface area contributed by atoms with Crippen molar-refractivity contribution in [2.75, 3.05) is 31.4 Å². The normalized spacial score (nSPS) is 10.5. The van der Waals surface area contributed by atoms with Crippen molar-refractivity contribution < 1.29 is 9.47 Å². The first-order chi connectivity index (χ1) is 11.1. The summed E-state index contributed by atoms with van der Waals surface area (Å²) in [4.78, 5) is 8.69. The Hall–Kier alpha value is -2.50. The van der Waals surface area contributed by atoms with E-state index in [1.165, 1.54) is 0 Å². The molecule has 0 bridgehead atoms. The van der Waals surface area contributed by atoms with Crippen LogP contribution in [-0.2, 0) is 0 Å². The predicted octanol–water partition coefficient (Wildman–Crippen LogP) is 3.70. The van der Waals surface area contributed by atoms with E-state index in [2.05, 4.69) is 34.4 Å². The van der Waals surface area contributed by atoms with Crippen molar-refractivity contribution in [1.82, 2.24) is 9.97 Å². The van der Waals surface area contributed by atoms with Gasteiger partial charge in [0, 0.05) is 24.5 Å². The zero-order chi connectivity index (χ0) is 16.7. The lowest BCUT2D eigenvalue weighted by Gasteiger charge is -2.12. The Balaban J connectivity index is 2.05. The molecule has 0 fully saturated rings. The average Bonchev–Trinajstić information content (AvgIpc) is 2.54. The van der Waals surface area contributed by atoms with E-state index in [9.17, 15) is 0 Å². The molecule has 0 unspecified atom stereocenters. The number of nitrogens with zero attached hydrogens (tertiary/aromatic N) is 2. The van der Waals surface area contributed by atoms with Gasteiger partial charge in [0.25, 0.3) is 0 Å². The van der Waals surface area contributed by atoms with Gasteiger partial charge in [-0.15, -0.1) is 0 Å². The minimum Gasteiger partial charge on any atom is -0.493 e. The van der Waals surface area contributed by atoms with Crippen molar-refractivity contribution >= 4 is 17.5 Å². The van der Waals surface area contributed by atoms with Crippen LogP contribution in [0.3, 0.4) is 0 Å². The summed E-state index contributed by atoms with van der Waals surface area (Å²) in [5, 5.41) is 6.48. The quantitative estimate of drug-likeness (QED) is 0.774. The molecular formula is C17H24N4O2. The molecule has 0 aliphatic heterocycles. The number of nitrogens with one attached hydrogen (secondary N) is 2. The van der Waals surface area contributed by atoms with Gasteiger partial charge in [-0.1, -0.05) is 13.8 Å². The summed E-state index contributed by atoms with van der Waals surface area (Å²) in [5.41, 5.74) is 0.870. The lowest BCUT2D eigenvalue weighted by molar-refractivity contribution is 0.355. The van der Waals surface area contributed by atoms with Crippen molar-refractivity contribution in [3.63, 3.8) is 0 Å². The van der Waals surface area contributed by atoms with Gasteiger partial charge in [0.2, 0.25) is 5.95 Å². The van der Waals surface area contributed by atoms with Gasteiger partial charge < -0.3 is 20.1 Å². The standard InChI is InChI=1S/C17H24N4O2/c1-12(2)7-9-18-17-19-10-8-16(21-17)20-13-5-6-14(22-3)15(11-13)23-4/h5-6,8,10-12H,7,9H2,1-4H3,(H2,18,19,20,21). The average molecular weight is 316 g/mol. The number of methoxy groups -OCH3 is 2. The second-order valence-corrected chi connectivity index (χ2v) is 5.57. The number of hydrogen-bond donors (Lipinski definition) is 2. The molecule has 0 aliphatic rings. The number of anilines is 3. The highest BCUT2D eigenvalue weighted by molar-refractivity contribution is 5.61. The van der Waals surface area contributed by atoms with Crippen LogP contribution in [0.4, 0.5) is 17.5 Å². The van der Waals surface area contributed by atoms with Crippen LogP contribution >= 0.6 is 0 Å². The van der Waals surface area contributed by atoms with E-state index in [4.69, 9.17) is 9.47 Å². The molecule has 6 nitrogen and oxygen atoms in total. The van der Waals surface area contributed by atoms with Crippen molar-refractivity contribution in [2.45, 2.75) is 20.3 Å². The second kappa shape index (κ2) is 8.22. The zero-order valence-electron chi connectivity index (χ0n) is 14.1. The van der Waals surface area contributed by atoms with Crippen LogP contribution in [0.1, 0.15) is 20.3 Å². The molecule has 124 valence electrons. The van der Waals surface area contributed by atoms with Gasteiger partial charge in [0.15, 0.2) is 11.5 Å². The Morgan fingerprint density at radius 1 is 1.09 bits per heavy atom. The van der Waals surface area contributed by atoms with Crippen LogP contribution in [0.25, 0.3) is 0 Å². The minimum absolute atomic E-state index is 0.621. The highest BCUT2D eigenvalue weighted by Gasteiger charge is 2.06. The monoisotopic (exact) mass is 316 g/mol. The lowest BCUT2D eigenvalue weighted by atomic mass is 10.1. The van der Waals surface area contributed by atoms with Gasteiger partial charge in [-0.2, -0.15) is 4.98 Å². The molecular weight excluding hydrogens is 292 g/mol. The molecule has 6 heteroatoms. The highest BCUT2D eigenvalue weighted by atomic mass is 16.5. The predicted molar refractivity (Wildman–Crippen MR) is 92.8 cm³/mol. The second-order valence-electron chi connectivity index (χ2n) is 5.57. The van der Waals surface area contributed by atoms with Gasteiger partial charge in [0.1, 0.15) is 5.82 Å². The Labute approximate surface area is 137 Å². The molecule has 2 rings (SSSR count). The molecule has 0 saturated carbocycles. The Morgan fingerprint density at radius 2 is 1.87 bits per heavy atom. The molecule has 2 N–H and O–H groups in total. The number of benzene rings is 1. The zero-order valence-corrected chi connectivity index (χ0v) is 14.1. The first-order valence-electron chi connectivity index (χ1n) is 7.68. The minimum atomic E-state index is 0.621. The third-order valence-corrected chi connectivity index (χ3v) is 3.32. The van der Waals surface area contributed by atoms with Crippen molar-refractivity contribution in [3.8, 4) is 11.5 Å². The van der Waals surface area contributed by atoms with Crippen LogP contribution in [-0.4, -0.2) is 30.7 Å². The van der Waals surface area contributed by atoms with E-state index in [1.54, 1.807) is 20.4 Å². The van der Waals surface area contributed by atoms with E-state index in [1.807, 2.05) is 24.3 Å². The molecule has 0 radical (unpaired) electrons. The molecule has 0 aliphatic carbocycles. The lowest BCUT2D eigenvalue weighted by Crippen LogP contribution is -2.08. The maximum absolute atomic E-state index is 5.30. The number of rotatable bonds is 8. The molecule has 1 aromatic carbocycles. The fraction of sp³-hybridized carbons (Fsp3) is 0.412. The number of ether oxygens (including phenoxy) is 2. The Morgan fingerprint density at radius 3 is 2.57 bits per heavy atom. The van der Waals surface area contributed by atoms with Crippen LogP contribution in [0.2, 0.25) is 0 Å². The van der Waals surface area contributed by atoms with E-state index in [0.717, 1.165) is 24.5 Å². The fourth-order valence-electron chi connectivity index (χ4n) is 2.05. The van der Waals surface area contributed by atoms with Gasteiger partial charge in [0.05, 0.1) is 14.2 Å². The largest absolute Gasteiger partial charge is 0.493 e. The molecule has 2 aromatic rings. The summed E-state index contributed by atoms with van der Waals surface area (Å²) in [7, 11) is 3.23. The number of hydrogen-bond acceptors (Lipinski definition) is 6. The molecule has 0 atom stereocenters. The molecule has 1 heterocycles. The summed E-state index contributed by atoms with van der Waals surface area (Å²) < 4.78 is 10.5. The molecule has 0 spiro atoms. The summed E-state index contributed by atoms with van der Waals surface area (Å²) in [5.74, 6) is 3.35. The molecule has 0 amide bonds. The third kappa shape index (κ3) is 5.02. The van der Waals surface area contributed by atoms with Crippen LogP contribution in [0.15, 0.2) is 30.5 Å². The summed E-state index contributed by atoms with van der Waals surface area (Å²) in [6.45, 7) is 5.24. The Kier molecular flexibility index (Phi) is 6.02. The smallest absolute Gasteiger partial charge is 0.224 e. The summed E-state index contributed by atoms with van der Waals surface area (Å²) >= 11 is 0. The van der Waals surface area contributed by atoms with Gasteiger partial charge >= 0.3 is 0 Å². The van der Waals surface area contributed by atoms with E-state index < -0.39 is 0 Å². The van der Waals surface area contributed by atoms with Gasteiger partial charge in [-0.3, -0.25) is 0 Å². The van der Waals surface area contributed by atoms with Crippen LogP contribution < -0.4 is 20.1 Å². The van der Waals surface area contributed by atoms with Gasteiger partial charge in [-0.05, 0) is 30.5 Å².